The van der Waals surface area contributed by atoms with Gasteiger partial charge in [0.15, 0.2) is 12.1 Å². The maximum absolute atomic E-state index is 2.37. The second-order valence-electron chi connectivity index (χ2n) is 6.76. The first-order valence-corrected chi connectivity index (χ1v) is 11.0. The van der Waals surface area contributed by atoms with Crippen LogP contribution < -0.4 is 17.0 Å². The Balaban J connectivity index is 0.00000312. The molecule has 0 spiro atoms. The van der Waals surface area contributed by atoms with Crippen LogP contribution in [0.5, 0.6) is 0 Å². The molecule has 2 aromatic rings. The molecule has 0 aliphatic heterocycles. The van der Waals surface area contributed by atoms with Crippen molar-refractivity contribution in [1.82, 2.24) is 0 Å². The minimum atomic E-state index is 0. The molecule has 0 aliphatic carbocycles. The second-order valence-corrected chi connectivity index (χ2v) is 7.83. The number of pyridine rings is 1. The summed E-state index contributed by atoms with van der Waals surface area (Å²) in [7, 11) is 0. The van der Waals surface area contributed by atoms with Gasteiger partial charge in [-0.3, -0.25) is 0 Å². The summed E-state index contributed by atoms with van der Waals surface area (Å²) in [4.78, 5) is 0. The molecule has 0 saturated heterocycles. The van der Waals surface area contributed by atoms with E-state index in [1.165, 1.54) is 80.9 Å². The highest BCUT2D eigenvalue weighted by atomic mass is 35.5. The van der Waals surface area contributed by atoms with E-state index in [0.717, 1.165) is 5.88 Å². The van der Waals surface area contributed by atoms with Gasteiger partial charge in [0.2, 0.25) is 5.52 Å². The summed E-state index contributed by atoms with van der Waals surface area (Å²) in [5.74, 6) is 2.35. The molecule has 1 heterocycles. The van der Waals surface area contributed by atoms with Crippen LogP contribution >= 0.6 is 11.8 Å². The third-order valence-corrected chi connectivity index (χ3v) is 5.70. The van der Waals surface area contributed by atoms with Gasteiger partial charge in [-0.2, -0.15) is 4.57 Å². The number of benzene rings is 1. The summed E-state index contributed by atoms with van der Waals surface area (Å²) in [5, 5.41) is 1.33. The van der Waals surface area contributed by atoms with Crippen molar-refractivity contribution in [3.05, 3.63) is 42.6 Å². The van der Waals surface area contributed by atoms with E-state index >= 15 is 0 Å². The van der Waals surface area contributed by atoms with Crippen molar-refractivity contribution in [2.75, 3.05) is 5.75 Å². The molecule has 0 unspecified atom stereocenters. The van der Waals surface area contributed by atoms with Crippen molar-refractivity contribution in [1.29, 1.82) is 0 Å². The highest BCUT2D eigenvalue weighted by Gasteiger charge is 2.06. The van der Waals surface area contributed by atoms with Crippen LogP contribution in [0.3, 0.4) is 0 Å². The lowest BCUT2D eigenvalue weighted by Gasteiger charge is -2.03. The molecule has 0 saturated carbocycles. The highest BCUT2D eigenvalue weighted by molar-refractivity contribution is 7.98. The van der Waals surface area contributed by atoms with E-state index in [2.05, 4.69) is 65.8 Å². The Kier molecular flexibility index (Phi) is 12.9. The second kappa shape index (κ2) is 14.4. The monoisotopic (exact) mass is 379 g/mol. The zero-order chi connectivity index (χ0) is 16.9. The number of nitrogens with zero attached hydrogens (tertiary/aromatic N) is 1. The number of fused-ring (bicyclic) bond motifs is 1. The summed E-state index contributed by atoms with van der Waals surface area (Å²) in [5.41, 5.74) is 1.34. The van der Waals surface area contributed by atoms with Crippen LogP contribution in [0.15, 0.2) is 42.6 Å². The molecule has 0 amide bonds. The number of thioether (sulfide) groups is 1. The number of halogens is 1. The lowest BCUT2D eigenvalue weighted by molar-refractivity contribution is -0.649. The zero-order valence-electron chi connectivity index (χ0n) is 15.8. The number of hydrogen-bond donors (Lipinski definition) is 0. The molecule has 1 aromatic carbocycles. The van der Waals surface area contributed by atoms with Gasteiger partial charge >= 0.3 is 0 Å². The summed E-state index contributed by atoms with van der Waals surface area (Å²) in [6.07, 6.45) is 16.4. The SMILES string of the molecule is CCCCCCCCCCCCSC[n+]1cccc2ccccc21.[Cl-]. The molecule has 1 nitrogen and oxygen atoms in total. The van der Waals surface area contributed by atoms with Crippen LogP contribution in [-0.4, -0.2) is 5.75 Å². The fourth-order valence-corrected chi connectivity index (χ4v) is 4.15. The average Bonchev–Trinajstić information content (AvgIpc) is 2.63. The molecule has 0 N–H and O–H groups in total. The van der Waals surface area contributed by atoms with E-state index < -0.39 is 0 Å². The van der Waals surface area contributed by atoms with Crippen LogP contribution in [0, 0.1) is 0 Å². The van der Waals surface area contributed by atoms with E-state index in [0.29, 0.717) is 0 Å². The number of hydrogen-bond acceptors (Lipinski definition) is 1. The molecule has 2 rings (SSSR count). The van der Waals surface area contributed by atoms with Gasteiger partial charge in [0.05, 0.1) is 0 Å². The fourth-order valence-electron chi connectivity index (χ4n) is 3.19. The molecule has 0 radical (unpaired) electrons. The number of rotatable bonds is 13. The quantitative estimate of drug-likeness (QED) is 0.378. The van der Waals surface area contributed by atoms with Gasteiger partial charge < -0.3 is 12.4 Å². The Morgan fingerprint density at radius 3 is 2.08 bits per heavy atom. The minimum absolute atomic E-state index is 0. The van der Waals surface area contributed by atoms with Gasteiger partial charge in [0.25, 0.3) is 0 Å². The minimum Gasteiger partial charge on any atom is -1.00 e. The molecule has 0 fully saturated rings. The van der Waals surface area contributed by atoms with Crippen LogP contribution in [0.4, 0.5) is 0 Å². The van der Waals surface area contributed by atoms with Gasteiger partial charge in [0.1, 0.15) is 0 Å². The molecule has 0 bridgehead atoms. The van der Waals surface area contributed by atoms with Gasteiger partial charge in [0, 0.05) is 17.5 Å². The smallest absolute Gasteiger partial charge is 0.213 e. The van der Waals surface area contributed by atoms with Crippen molar-refractivity contribution in [3.63, 3.8) is 0 Å². The molecule has 0 atom stereocenters. The van der Waals surface area contributed by atoms with Gasteiger partial charge in [-0.15, -0.1) is 0 Å². The Labute approximate surface area is 165 Å². The average molecular weight is 380 g/mol. The van der Waals surface area contributed by atoms with Crippen molar-refractivity contribution < 1.29 is 17.0 Å². The molecular weight excluding hydrogens is 346 g/mol. The lowest BCUT2D eigenvalue weighted by atomic mass is 10.1. The Hall–Kier alpha value is -0.730. The maximum atomic E-state index is 2.37. The van der Waals surface area contributed by atoms with Crippen LogP contribution in [0.25, 0.3) is 10.9 Å². The number of unbranched alkanes of at least 4 members (excludes halogenated alkanes) is 9. The van der Waals surface area contributed by atoms with Crippen molar-refractivity contribution in [2.45, 2.75) is 77.0 Å². The standard InChI is InChI=1S/C22H34NS.ClH/c1-2-3-4-5-6-7-8-9-10-13-19-24-20-23-18-14-16-21-15-11-12-17-22(21)23;/h11-12,14-18H,2-10,13,19-20H2,1H3;1H/q+1;/p-1. The van der Waals surface area contributed by atoms with E-state index in [1.54, 1.807) is 0 Å². The van der Waals surface area contributed by atoms with Crippen molar-refractivity contribution in [3.8, 4) is 0 Å². The number of aromatic nitrogens is 1. The summed E-state index contributed by atoms with van der Waals surface area (Å²) in [6, 6.07) is 13.0. The van der Waals surface area contributed by atoms with E-state index in [-0.39, 0.29) is 12.4 Å². The van der Waals surface area contributed by atoms with E-state index in [4.69, 9.17) is 0 Å². The Morgan fingerprint density at radius 1 is 0.760 bits per heavy atom. The van der Waals surface area contributed by atoms with Crippen LogP contribution in [-0.2, 0) is 5.88 Å². The Bertz CT molecular complexity index is 567. The molecule has 140 valence electrons. The van der Waals surface area contributed by atoms with Crippen LogP contribution in [0.2, 0.25) is 0 Å². The molecule has 1 aromatic heterocycles. The predicted molar refractivity (Wildman–Crippen MR) is 108 cm³/mol. The molecule has 25 heavy (non-hydrogen) atoms. The van der Waals surface area contributed by atoms with Gasteiger partial charge in [-0.05, 0) is 24.3 Å². The first-order chi connectivity index (χ1) is 11.9. The zero-order valence-corrected chi connectivity index (χ0v) is 17.3. The fraction of sp³-hybridized carbons (Fsp3) is 0.591. The summed E-state index contributed by atoms with van der Waals surface area (Å²) < 4.78 is 2.37. The molecular formula is C22H34ClNS. The number of para-hydroxylation sites is 1. The maximum Gasteiger partial charge on any atom is 0.213 e. The lowest BCUT2D eigenvalue weighted by Crippen LogP contribution is -3.00. The predicted octanol–water partition coefficient (Wildman–Crippen LogP) is 3.74. The highest BCUT2D eigenvalue weighted by Crippen LogP contribution is 2.13. The van der Waals surface area contributed by atoms with Gasteiger partial charge in [-0.25, -0.2) is 0 Å². The first kappa shape index (κ1) is 22.3. The molecule has 0 aliphatic rings. The van der Waals surface area contributed by atoms with Crippen molar-refractivity contribution >= 4 is 22.7 Å². The van der Waals surface area contributed by atoms with E-state index in [1.807, 2.05) is 0 Å². The molecule has 3 heteroatoms. The third kappa shape index (κ3) is 8.96. The normalized spacial score (nSPS) is 10.8. The third-order valence-electron chi connectivity index (χ3n) is 4.66. The van der Waals surface area contributed by atoms with Gasteiger partial charge in [-0.1, -0.05) is 88.6 Å². The van der Waals surface area contributed by atoms with E-state index in [9.17, 15) is 0 Å². The summed E-state index contributed by atoms with van der Waals surface area (Å²) in [6.45, 7) is 2.29. The Morgan fingerprint density at radius 2 is 1.36 bits per heavy atom. The van der Waals surface area contributed by atoms with Crippen molar-refractivity contribution in [2.24, 2.45) is 0 Å². The summed E-state index contributed by atoms with van der Waals surface area (Å²) >= 11 is 2.06. The topological polar surface area (TPSA) is 3.88 Å². The largest absolute Gasteiger partial charge is 1.00 e. The first-order valence-electron chi connectivity index (χ1n) is 9.87. The van der Waals surface area contributed by atoms with Crippen LogP contribution in [0.1, 0.15) is 71.1 Å².